The molecular formula is C12H17N3O5. The van der Waals surface area contributed by atoms with Crippen molar-refractivity contribution in [2.75, 3.05) is 6.54 Å². The fraction of sp³-hybridized carbons (Fsp3) is 0.500. The Morgan fingerprint density at radius 2 is 1.70 bits per heavy atom. The highest BCUT2D eigenvalue weighted by atomic mass is 16.6. The molecule has 0 bridgehead atoms. The normalized spacial score (nSPS) is 14.4. The first-order valence-electron chi connectivity index (χ1n) is 6.00. The quantitative estimate of drug-likeness (QED) is 0.554. The summed E-state index contributed by atoms with van der Waals surface area (Å²) in [6, 6.07) is 0. The van der Waals surface area contributed by atoms with Crippen LogP contribution < -0.4 is 10.9 Å². The number of nitrogens with one attached hydrogen (secondary N) is 2. The number of imide groups is 1. The van der Waals surface area contributed by atoms with Crippen LogP contribution in [0.2, 0.25) is 0 Å². The molecule has 1 aliphatic rings. The van der Waals surface area contributed by atoms with Gasteiger partial charge in [-0.15, -0.1) is 0 Å². The van der Waals surface area contributed by atoms with Gasteiger partial charge in [0.1, 0.15) is 5.60 Å². The molecule has 4 amide bonds. The summed E-state index contributed by atoms with van der Waals surface area (Å²) in [5.74, 6) is -1.45. The largest absolute Gasteiger partial charge is 0.443 e. The Morgan fingerprint density at radius 1 is 1.15 bits per heavy atom. The fourth-order valence-electron chi connectivity index (χ4n) is 1.35. The summed E-state index contributed by atoms with van der Waals surface area (Å²) in [6.07, 6.45) is 1.37. The van der Waals surface area contributed by atoms with Gasteiger partial charge < -0.3 is 4.74 Å². The molecule has 0 aromatic heterocycles. The molecule has 0 saturated carbocycles. The average molecular weight is 283 g/mol. The lowest BCUT2D eigenvalue weighted by Crippen LogP contribution is -2.45. The van der Waals surface area contributed by atoms with E-state index in [-0.39, 0.29) is 13.0 Å². The highest BCUT2D eigenvalue weighted by molar-refractivity contribution is 6.13. The molecule has 1 rings (SSSR count). The smallest absolute Gasteiger partial charge is 0.426 e. The summed E-state index contributed by atoms with van der Waals surface area (Å²) in [6.45, 7) is 5.01. The second kappa shape index (κ2) is 6.18. The minimum absolute atomic E-state index is 0.0491. The van der Waals surface area contributed by atoms with E-state index in [9.17, 15) is 19.2 Å². The Bertz CT molecular complexity index is 446. The zero-order valence-corrected chi connectivity index (χ0v) is 11.6. The van der Waals surface area contributed by atoms with E-state index in [4.69, 9.17) is 4.74 Å². The van der Waals surface area contributed by atoms with Crippen LogP contribution in [0.1, 0.15) is 27.2 Å². The van der Waals surface area contributed by atoms with Crippen LogP contribution in [-0.2, 0) is 19.1 Å². The van der Waals surface area contributed by atoms with E-state index in [1.807, 2.05) is 0 Å². The Balaban J connectivity index is 2.26. The number of carbonyl (C=O) groups is 4. The minimum atomic E-state index is -0.791. The van der Waals surface area contributed by atoms with Gasteiger partial charge in [0.05, 0.1) is 0 Å². The van der Waals surface area contributed by atoms with Gasteiger partial charge in [-0.1, -0.05) is 0 Å². The Hall–Kier alpha value is -2.38. The first-order valence-corrected chi connectivity index (χ1v) is 6.00. The lowest BCUT2D eigenvalue weighted by Gasteiger charge is -2.20. The average Bonchev–Trinajstić information content (AvgIpc) is 2.62. The third-order valence-corrected chi connectivity index (χ3v) is 2.17. The first-order chi connectivity index (χ1) is 9.19. The van der Waals surface area contributed by atoms with E-state index in [2.05, 4.69) is 10.9 Å². The molecule has 20 heavy (non-hydrogen) atoms. The molecule has 8 heteroatoms. The first kappa shape index (κ1) is 15.7. The van der Waals surface area contributed by atoms with Crippen molar-refractivity contribution >= 4 is 23.8 Å². The lowest BCUT2D eigenvalue weighted by atomic mass is 10.2. The third-order valence-electron chi connectivity index (χ3n) is 2.17. The topological polar surface area (TPSA) is 105 Å². The number of rotatable bonds is 3. The van der Waals surface area contributed by atoms with Gasteiger partial charge in [0.15, 0.2) is 0 Å². The Morgan fingerprint density at radius 3 is 2.20 bits per heavy atom. The summed E-state index contributed by atoms with van der Waals surface area (Å²) in [5.41, 5.74) is 3.53. The predicted molar refractivity (Wildman–Crippen MR) is 68.0 cm³/mol. The summed E-state index contributed by atoms with van der Waals surface area (Å²) in [5, 5.41) is 0. The zero-order chi connectivity index (χ0) is 15.3. The van der Waals surface area contributed by atoms with E-state index >= 15 is 0 Å². The summed E-state index contributed by atoms with van der Waals surface area (Å²) < 4.78 is 4.91. The van der Waals surface area contributed by atoms with E-state index in [0.717, 1.165) is 17.1 Å². The number of hydrogen-bond acceptors (Lipinski definition) is 5. The molecular weight excluding hydrogens is 266 g/mol. The molecule has 0 fully saturated rings. The Labute approximate surface area is 116 Å². The van der Waals surface area contributed by atoms with Gasteiger partial charge in [0.25, 0.3) is 11.8 Å². The van der Waals surface area contributed by atoms with Gasteiger partial charge in [-0.3, -0.25) is 24.7 Å². The van der Waals surface area contributed by atoms with Gasteiger partial charge >= 0.3 is 6.09 Å². The second-order valence-corrected chi connectivity index (χ2v) is 5.09. The molecule has 0 aromatic rings. The lowest BCUT2D eigenvalue weighted by molar-refractivity contribution is -0.137. The van der Waals surface area contributed by atoms with Crippen LogP contribution >= 0.6 is 0 Å². The summed E-state index contributed by atoms with van der Waals surface area (Å²) in [7, 11) is 0. The van der Waals surface area contributed by atoms with Crippen molar-refractivity contribution in [1.29, 1.82) is 0 Å². The van der Waals surface area contributed by atoms with E-state index in [0.29, 0.717) is 0 Å². The summed E-state index contributed by atoms with van der Waals surface area (Å²) in [4.78, 5) is 46.1. The summed E-state index contributed by atoms with van der Waals surface area (Å²) >= 11 is 0. The van der Waals surface area contributed by atoms with Crippen molar-refractivity contribution < 1.29 is 23.9 Å². The van der Waals surface area contributed by atoms with E-state index in [1.165, 1.54) is 0 Å². The van der Waals surface area contributed by atoms with Gasteiger partial charge in [0.2, 0.25) is 5.91 Å². The van der Waals surface area contributed by atoms with Crippen molar-refractivity contribution in [2.45, 2.75) is 32.8 Å². The predicted octanol–water partition coefficient (Wildman–Crippen LogP) is -0.143. The maximum atomic E-state index is 11.4. The standard InChI is InChI=1S/C12H17N3O5/c1-12(2,3)20-11(19)14-13-8(16)6-7-15-9(17)4-5-10(15)18/h4-5H,6-7H2,1-3H3,(H,13,16)(H,14,19). The highest BCUT2D eigenvalue weighted by Gasteiger charge is 2.23. The molecule has 110 valence electrons. The molecule has 0 radical (unpaired) electrons. The van der Waals surface area contributed by atoms with Crippen LogP contribution in [0, 0.1) is 0 Å². The molecule has 0 aliphatic carbocycles. The molecule has 0 spiro atoms. The van der Waals surface area contributed by atoms with Crippen LogP contribution in [0.5, 0.6) is 0 Å². The minimum Gasteiger partial charge on any atom is -0.443 e. The van der Waals surface area contributed by atoms with Gasteiger partial charge in [0, 0.05) is 25.1 Å². The third kappa shape index (κ3) is 5.09. The molecule has 0 aromatic carbocycles. The number of hydrazine groups is 1. The molecule has 0 unspecified atom stereocenters. The molecule has 0 saturated heterocycles. The van der Waals surface area contributed by atoms with Gasteiger partial charge in [-0.25, -0.2) is 10.2 Å². The molecule has 2 N–H and O–H groups in total. The van der Waals surface area contributed by atoms with Crippen LogP contribution in [0.3, 0.4) is 0 Å². The van der Waals surface area contributed by atoms with E-state index in [1.54, 1.807) is 20.8 Å². The monoisotopic (exact) mass is 283 g/mol. The maximum absolute atomic E-state index is 11.4. The number of ether oxygens (including phenoxy) is 1. The van der Waals surface area contributed by atoms with Crippen LogP contribution in [0.4, 0.5) is 4.79 Å². The Kier molecular flexibility index (Phi) is 4.84. The van der Waals surface area contributed by atoms with E-state index < -0.39 is 29.4 Å². The maximum Gasteiger partial charge on any atom is 0.426 e. The number of carbonyl (C=O) groups excluding carboxylic acids is 4. The van der Waals surface area contributed by atoms with Crippen molar-refractivity contribution in [3.05, 3.63) is 12.2 Å². The van der Waals surface area contributed by atoms with Crippen molar-refractivity contribution in [1.82, 2.24) is 15.8 Å². The van der Waals surface area contributed by atoms with Crippen LogP contribution in [0.25, 0.3) is 0 Å². The molecule has 8 nitrogen and oxygen atoms in total. The molecule has 0 atom stereocenters. The number of amides is 4. The van der Waals surface area contributed by atoms with Gasteiger partial charge in [-0.05, 0) is 20.8 Å². The second-order valence-electron chi connectivity index (χ2n) is 5.09. The van der Waals surface area contributed by atoms with Crippen molar-refractivity contribution in [3.8, 4) is 0 Å². The molecule has 1 aliphatic heterocycles. The van der Waals surface area contributed by atoms with Crippen molar-refractivity contribution in [3.63, 3.8) is 0 Å². The number of hydrogen-bond donors (Lipinski definition) is 2. The highest BCUT2D eigenvalue weighted by Crippen LogP contribution is 2.06. The molecule has 1 heterocycles. The SMILES string of the molecule is CC(C)(C)OC(=O)NNC(=O)CCN1C(=O)C=CC1=O. The fourth-order valence-corrected chi connectivity index (χ4v) is 1.35. The van der Waals surface area contributed by atoms with Crippen LogP contribution in [0.15, 0.2) is 12.2 Å². The van der Waals surface area contributed by atoms with Crippen molar-refractivity contribution in [2.24, 2.45) is 0 Å². The zero-order valence-electron chi connectivity index (χ0n) is 11.6. The number of nitrogens with zero attached hydrogens (tertiary/aromatic N) is 1. The van der Waals surface area contributed by atoms with Gasteiger partial charge in [-0.2, -0.15) is 0 Å². The van der Waals surface area contributed by atoms with Crippen LogP contribution in [-0.4, -0.2) is 40.9 Å².